The van der Waals surface area contributed by atoms with Crippen LogP contribution in [0.5, 0.6) is 5.75 Å². The molecule has 6 heteroatoms. The molecule has 1 unspecified atom stereocenters. The molecule has 124 valence electrons. The summed E-state index contributed by atoms with van der Waals surface area (Å²) < 4.78 is 6.51. The van der Waals surface area contributed by atoms with Gasteiger partial charge in [0.25, 0.3) is 5.91 Å². The Balaban J connectivity index is 0.00000242. The molecule has 1 atom stereocenters. The Hall–Kier alpha value is -0.780. The summed E-state index contributed by atoms with van der Waals surface area (Å²) in [5, 5.41) is 6.33. The van der Waals surface area contributed by atoms with Crippen LogP contribution in [0.15, 0.2) is 22.7 Å². The zero-order valence-electron chi connectivity index (χ0n) is 13.0. The molecule has 1 amide bonds. The van der Waals surface area contributed by atoms with E-state index < -0.39 is 0 Å². The molecule has 0 aliphatic carbocycles. The van der Waals surface area contributed by atoms with Crippen LogP contribution in [0, 0.1) is 5.92 Å². The fraction of sp³-hybridized carbons (Fsp3) is 0.562. The molecule has 1 aromatic carbocycles. The van der Waals surface area contributed by atoms with Crippen molar-refractivity contribution in [2.24, 2.45) is 5.92 Å². The average Bonchev–Trinajstić information content (AvgIpc) is 2.90. The molecule has 0 spiro atoms. The van der Waals surface area contributed by atoms with E-state index in [1.807, 2.05) is 26.0 Å². The van der Waals surface area contributed by atoms with Crippen molar-refractivity contribution in [2.75, 3.05) is 19.6 Å². The Bertz CT molecular complexity index is 491. The lowest BCUT2D eigenvalue weighted by molar-refractivity contribution is 0.0951. The van der Waals surface area contributed by atoms with Gasteiger partial charge in [-0.05, 0) is 63.9 Å². The second-order valence-electron chi connectivity index (χ2n) is 5.75. The number of hydrogen-bond acceptors (Lipinski definition) is 3. The van der Waals surface area contributed by atoms with Gasteiger partial charge in [-0.3, -0.25) is 4.79 Å². The van der Waals surface area contributed by atoms with E-state index in [0.29, 0.717) is 17.2 Å². The number of hydrogen-bond donors (Lipinski definition) is 2. The molecule has 1 heterocycles. The first-order valence-corrected chi connectivity index (χ1v) is 8.30. The molecule has 2 rings (SSSR count). The Kier molecular flexibility index (Phi) is 8.21. The SMILES string of the molecule is CC(C)Oc1cc(Br)cc(C(=O)NCCC2CCNC2)c1.Cl. The third-order valence-electron chi connectivity index (χ3n) is 3.51. The van der Waals surface area contributed by atoms with Gasteiger partial charge < -0.3 is 15.4 Å². The number of benzene rings is 1. The van der Waals surface area contributed by atoms with Crippen molar-refractivity contribution >= 4 is 34.2 Å². The Labute approximate surface area is 146 Å². The lowest BCUT2D eigenvalue weighted by Gasteiger charge is -2.13. The minimum absolute atomic E-state index is 0. The topological polar surface area (TPSA) is 50.4 Å². The average molecular weight is 392 g/mol. The number of carbonyl (C=O) groups is 1. The first kappa shape index (κ1) is 19.3. The maximum atomic E-state index is 12.2. The molecule has 1 aromatic rings. The summed E-state index contributed by atoms with van der Waals surface area (Å²) in [7, 11) is 0. The minimum Gasteiger partial charge on any atom is -0.491 e. The summed E-state index contributed by atoms with van der Waals surface area (Å²) in [4.78, 5) is 12.2. The van der Waals surface area contributed by atoms with E-state index in [-0.39, 0.29) is 24.4 Å². The van der Waals surface area contributed by atoms with E-state index in [2.05, 4.69) is 26.6 Å². The van der Waals surface area contributed by atoms with Crippen molar-refractivity contribution in [3.63, 3.8) is 0 Å². The van der Waals surface area contributed by atoms with Crippen LogP contribution < -0.4 is 15.4 Å². The molecule has 1 aliphatic rings. The molecule has 22 heavy (non-hydrogen) atoms. The van der Waals surface area contributed by atoms with Crippen molar-refractivity contribution in [1.29, 1.82) is 0 Å². The predicted octanol–water partition coefficient (Wildman–Crippen LogP) is 3.39. The summed E-state index contributed by atoms with van der Waals surface area (Å²) in [6, 6.07) is 5.48. The molecule has 0 radical (unpaired) electrons. The van der Waals surface area contributed by atoms with Crippen LogP contribution in [0.25, 0.3) is 0 Å². The zero-order valence-corrected chi connectivity index (χ0v) is 15.4. The van der Waals surface area contributed by atoms with E-state index in [9.17, 15) is 4.79 Å². The smallest absolute Gasteiger partial charge is 0.251 e. The van der Waals surface area contributed by atoms with Gasteiger partial charge in [0.2, 0.25) is 0 Å². The lowest BCUT2D eigenvalue weighted by Crippen LogP contribution is -2.26. The minimum atomic E-state index is -0.0455. The fourth-order valence-corrected chi connectivity index (χ4v) is 2.96. The first-order chi connectivity index (χ1) is 10.0. The van der Waals surface area contributed by atoms with Crippen LogP contribution in [0.3, 0.4) is 0 Å². The van der Waals surface area contributed by atoms with Crippen molar-refractivity contribution in [3.8, 4) is 5.75 Å². The standard InChI is InChI=1S/C16H23BrN2O2.ClH/c1-11(2)21-15-8-13(7-14(17)9-15)16(20)19-6-4-12-3-5-18-10-12;/h7-9,11-12,18H,3-6,10H2,1-2H3,(H,19,20);1H. The van der Waals surface area contributed by atoms with Gasteiger partial charge in [0, 0.05) is 16.6 Å². The largest absolute Gasteiger partial charge is 0.491 e. The summed E-state index contributed by atoms with van der Waals surface area (Å²) in [6.45, 7) is 6.82. The molecule has 4 nitrogen and oxygen atoms in total. The highest BCUT2D eigenvalue weighted by atomic mass is 79.9. The molecule has 1 saturated heterocycles. The van der Waals surface area contributed by atoms with Crippen LogP contribution in [0.1, 0.15) is 37.0 Å². The van der Waals surface area contributed by atoms with E-state index >= 15 is 0 Å². The molecule has 0 saturated carbocycles. The predicted molar refractivity (Wildman–Crippen MR) is 95.1 cm³/mol. The normalized spacial score (nSPS) is 17.2. The Morgan fingerprint density at radius 1 is 1.45 bits per heavy atom. The van der Waals surface area contributed by atoms with Crippen LogP contribution in [0.2, 0.25) is 0 Å². The van der Waals surface area contributed by atoms with Gasteiger partial charge in [-0.1, -0.05) is 15.9 Å². The summed E-state index contributed by atoms with van der Waals surface area (Å²) in [5.41, 5.74) is 0.629. The third-order valence-corrected chi connectivity index (χ3v) is 3.96. The molecular formula is C16H24BrClN2O2. The van der Waals surface area contributed by atoms with Gasteiger partial charge in [0.1, 0.15) is 5.75 Å². The Morgan fingerprint density at radius 3 is 2.86 bits per heavy atom. The van der Waals surface area contributed by atoms with E-state index in [1.54, 1.807) is 6.07 Å². The second-order valence-corrected chi connectivity index (χ2v) is 6.66. The summed E-state index contributed by atoms with van der Waals surface area (Å²) in [6.07, 6.45) is 2.33. The van der Waals surface area contributed by atoms with Crippen LogP contribution >= 0.6 is 28.3 Å². The summed E-state index contributed by atoms with van der Waals surface area (Å²) >= 11 is 3.43. The third kappa shape index (κ3) is 6.15. The number of ether oxygens (including phenoxy) is 1. The van der Waals surface area contributed by atoms with Gasteiger partial charge in [0.05, 0.1) is 6.10 Å². The highest BCUT2D eigenvalue weighted by molar-refractivity contribution is 9.10. The van der Waals surface area contributed by atoms with E-state index in [1.165, 1.54) is 6.42 Å². The first-order valence-electron chi connectivity index (χ1n) is 7.51. The van der Waals surface area contributed by atoms with Crippen LogP contribution in [0.4, 0.5) is 0 Å². The van der Waals surface area contributed by atoms with Crippen LogP contribution in [-0.2, 0) is 0 Å². The number of amides is 1. The molecule has 1 aliphatic heterocycles. The van der Waals surface area contributed by atoms with Crippen molar-refractivity contribution in [1.82, 2.24) is 10.6 Å². The van der Waals surface area contributed by atoms with Gasteiger partial charge >= 0.3 is 0 Å². The van der Waals surface area contributed by atoms with Crippen molar-refractivity contribution in [3.05, 3.63) is 28.2 Å². The van der Waals surface area contributed by atoms with Crippen LogP contribution in [-0.4, -0.2) is 31.6 Å². The highest BCUT2D eigenvalue weighted by Crippen LogP contribution is 2.22. The molecule has 0 aromatic heterocycles. The monoisotopic (exact) mass is 390 g/mol. The van der Waals surface area contributed by atoms with Gasteiger partial charge in [-0.15, -0.1) is 12.4 Å². The maximum absolute atomic E-state index is 12.2. The molecule has 2 N–H and O–H groups in total. The number of nitrogens with one attached hydrogen (secondary N) is 2. The molecule has 0 bridgehead atoms. The van der Waals surface area contributed by atoms with Gasteiger partial charge in [0.15, 0.2) is 0 Å². The Morgan fingerprint density at radius 2 is 2.23 bits per heavy atom. The molecule has 1 fully saturated rings. The summed E-state index contributed by atoms with van der Waals surface area (Å²) in [5.74, 6) is 1.35. The van der Waals surface area contributed by atoms with Gasteiger partial charge in [-0.2, -0.15) is 0 Å². The van der Waals surface area contributed by atoms with E-state index in [4.69, 9.17) is 4.74 Å². The van der Waals surface area contributed by atoms with E-state index in [0.717, 1.165) is 30.5 Å². The highest BCUT2D eigenvalue weighted by Gasteiger charge is 2.15. The maximum Gasteiger partial charge on any atom is 0.251 e. The van der Waals surface area contributed by atoms with Crippen molar-refractivity contribution in [2.45, 2.75) is 32.8 Å². The van der Waals surface area contributed by atoms with Crippen molar-refractivity contribution < 1.29 is 9.53 Å². The number of halogens is 2. The number of carbonyl (C=O) groups excluding carboxylic acids is 1. The lowest BCUT2D eigenvalue weighted by atomic mass is 10.1. The quantitative estimate of drug-likeness (QED) is 0.781. The second kappa shape index (κ2) is 9.38. The fourth-order valence-electron chi connectivity index (χ4n) is 2.49. The molecular weight excluding hydrogens is 368 g/mol. The van der Waals surface area contributed by atoms with Gasteiger partial charge in [-0.25, -0.2) is 0 Å². The number of rotatable bonds is 6. The zero-order chi connectivity index (χ0) is 15.2.